The van der Waals surface area contributed by atoms with Crippen molar-refractivity contribution in [3.8, 4) is 0 Å². The molecule has 2 aromatic carbocycles. The first-order chi connectivity index (χ1) is 13.3. The van der Waals surface area contributed by atoms with Gasteiger partial charge in [0.15, 0.2) is 0 Å². The van der Waals surface area contributed by atoms with Gasteiger partial charge < -0.3 is 15.2 Å². The molecule has 2 atom stereocenters. The van der Waals surface area contributed by atoms with Crippen molar-refractivity contribution in [1.82, 2.24) is 10.8 Å². The largest absolute Gasteiger partial charge is 0.444 e. The van der Waals surface area contributed by atoms with E-state index in [1.165, 1.54) is 0 Å². The number of carbonyl (C=O) groups excluding carboxylic acids is 1. The highest BCUT2D eigenvalue weighted by atomic mass is 16.6. The van der Waals surface area contributed by atoms with Gasteiger partial charge in [-0.25, -0.2) is 4.79 Å². The highest BCUT2D eigenvalue weighted by Gasteiger charge is 2.25. The SMILES string of the molecule is CC(C)(C)OC(=O)NC(Cc1ccccc1)C(O)CNOCc1ccccc1. The lowest BCUT2D eigenvalue weighted by atomic mass is 10.0. The van der Waals surface area contributed by atoms with E-state index < -0.39 is 23.8 Å². The molecule has 1 amide bonds. The zero-order chi connectivity index (χ0) is 20.4. The lowest BCUT2D eigenvalue weighted by Crippen LogP contribution is -2.50. The molecule has 0 saturated carbocycles. The van der Waals surface area contributed by atoms with Crippen LogP contribution in [0.5, 0.6) is 0 Å². The number of aliphatic hydroxyl groups excluding tert-OH is 1. The predicted molar refractivity (Wildman–Crippen MR) is 109 cm³/mol. The van der Waals surface area contributed by atoms with Crippen molar-refractivity contribution in [2.24, 2.45) is 0 Å². The number of aliphatic hydroxyl groups is 1. The maximum Gasteiger partial charge on any atom is 0.407 e. The fraction of sp³-hybridized carbons (Fsp3) is 0.409. The number of hydrogen-bond acceptors (Lipinski definition) is 5. The summed E-state index contributed by atoms with van der Waals surface area (Å²) in [5, 5.41) is 13.4. The van der Waals surface area contributed by atoms with E-state index in [1.807, 2.05) is 60.7 Å². The second-order valence-electron chi connectivity index (χ2n) is 7.63. The molecule has 0 aromatic heterocycles. The van der Waals surface area contributed by atoms with Crippen LogP contribution in [0, 0.1) is 0 Å². The average Bonchev–Trinajstić information content (AvgIpc) is 2.65. The number of benzene rings is 2. The highest BCUT2D eigenvalue weighted by molar-refractivity contribution is 5.68. The van der Waals surface area contributed by atoms with Crippen LogP contribution in [0.1, 0.15) is 31.9 Å². The third-order valence-corrected chi connectivity index (χ3v) is 3.94. The van der Waals surface area contributed by atoms with Crippen molar-refractivity contribution in [3.63, 3.8) is 0 Å². The van der Waals surface area contributed by atoms with Crippen LogP contribution in [0.3, 0.4) is 0 Å². The Balaban J connectivity index is 1.89. The minimum atomic E-state index is -0.858. The number of rotatable bonds is 9. The Hall–Kier alpha value is -2.41. The second kappa shape index (κ2) is 10.8. The van der Waals surface area contributed by atoms with Crippen molar-refractivity contribution in [1.29, 1.82) is 0 Å². The van der Waals surface area contributed by atoms with Gasteiger partial charge in [0, 0.05) is 6.54 Å². The molecule has 0 aliphatic rings. The van der Waals surface area contributed by atoms with Crippen LogP contribution >= 0.6 is 0 Å². The summed E-state index contributed by atoms with van der Waals surface area (Å²) in [4.78, 5) is 17.6. The number of carbonyl (C=O) groups is 1. The Kier molecular flexibility index (Phi) is 8.44. The van der Waals surface area contributed by atoms with E-state index in [0.29, 0.717) is 13.0 Å². The summed E-state index contributed by atoms with van der Waals surface area (Å²) < 4.78 is 5.33. The quantitative estimate of drug-likeness (QED) is 0.456. The maximum absolute atomic E-state index is 12.2. The Bertz CT molecular complexity index is 701. The molecule has 6 heteroatoms. The summed E-state index contributed by atoms with van der Waals surface area (Å²) in [6.45, 7) is 5.95. The number of nitrogens with one attached hydrogen (secondary N) is 2. The van der Waals surface area contributed by atoms with Crippen LogP contribution < -0.4 is 10.8 Å². The Labute approximate surface area is 166 Å². The van der Waals surface area contributed by atoms with Crippen LogP contribution in [-0.4, -0.2) is 35.5 Å². The number of hydroxylamine groups is 1. The van der Waals surface area contributed by atoms with E-state index in [0.717, 1.165) is 11.1 Å². The fourth-order valence-corrected chi connectivity index (χ4v) is 2.61. The van der Waals surface area contributed by atoms with Crippen molar-refractivity contribution < 1.29 is 19.5 Å². The summed E-state index contributed by atoms with van der Waals surface area (Å²) in [7, 11) is 0. The molecule has 0 saturated heterocycles. The van der Waals surface area contributed by atoms with Crippen LogP contribution in [0.2, 0.25) is 0 Å². The molecular formula is C22H30N2O4. The molecule has 152 valence electrons. The Morgan fingerprint density at radius 1 is 1.00 bits per heavy atom. The van der Waals surface area contributed by atoms with E-state index >= 15 is 0 Å². The number of amides is 1. The first-order valence-corrected chi connectivity index (χ1v) is 9.43. The average molecular weight is 386 g/mol. The molecule has 2 unspecified atom stereocenters. The van der Waals surface area contributed by atoms with Crippen molar-refractivity contribution in [2.45, 2.75) is 51.5 Å². The van der Waals surface area contributed by atoms with E-state index in [1.54, 1.807) is 20.8 Å². The molecule has 6 nitrogen and oxygen atoms in total. The van der Waals surface area contributed by atoms with Gasteiger partial charge in [-0.15, -0.1) is 0 Å². The molecule has 3 N–H and O–H groups in total. The number of ether oxygens (including phenoxy) is 1. The Morgan fingerprint density at radius 3 is 2.14 bits per heavy atom. The van der Waals surface area contributed by atoms with Crippen LogP contribution in [0.4, 0.5) is 4.79 Å². The van der Waals surface area contributed by atoms with Gasteiger partial charge in [-0.1, -0.05) is 60.7 Å². The zero-order valence-corrected chi connectivity index (χ0v) is 16.7. The lowest BCUT2D eigenvalue weighted by molar-refractivity contribution is -0.00681. The van der Waals surface area contributed by atoms with Gasteiger partial charge in [-0.05, 0) is 38.3 Å². The van der Waals surface area contributed by atoms with Crippen molar-refractivity contribution >= 4 is 6.09 Å². The summed E-state index contributed by atoms with van der Waals surface area (Å²) in [6, 6.07) is 18.9. The summed E-state index contributed by atoms with van der Waals surface area (Å²) in [6.07, 6.45) is -0.942. The monoisotopic (exact) mass is 386 g/mol. The zero-order valence-electron chi connectivity index (χ0n) is 16.7. The highest BCUT2D eigenvalue weighted by Crippen LogP contribution is 2.10. The number of hydrogen-bond donors (Lipinski definition) is 3. The molecule has 28 heavy (non-hydrogen) atoms. The first kappa shape index (κ1) is 21.9. The van der Waals surface area contributed by atoms with Gasteiger partial charge in [0.25, 0.3) is 0 Å². The molecule has 0 aliphatic heterocycles. The molecular weight excluding hydrogens is 356 g/mol. The predicted octanol–water partition coefficient (Wildman–Crippen LogP) is 3.20. The van der Waals surface area contributed by atoms with Crippen molar-refractivity contribution in [3.05, 3.63) is 71.8 Å². The lowest BCUT2D eigenvalue weighted by Gasteiger charge is -2.27. The molecule has 0 heterocycles. The van der Waals surface area contributed by atoms with E-state index in [4.69, 9.17) is 9.57 Å². The van der Waals surface area contributed by atoms with E-state index in [-0.39, 0.29) is 6.54 Å². The minimum Gasteiger partial charge on any atom is -0.444 e. The molecule has 2 rings (SSSR count). The molecule has 0 fully saturated rings. The standard InChI is InChI=1S/C22H30N2O4/c1-22(2,3)28-21(26)24-19(14-17-10-6-4-7-11-17)20(25)15-23-27-16-18-12-8-5-9-13-18/h4-13,19-20,23,25H,14-16H2,1-3H3,(H,24,26). The van der Waals surface area contributed by atoms with Crippen molar-refractivity contribution in [2.75, 3.05) is 6.54 Å². The molecule has 0 spiro atoms. The first-order valence-electron chi connectivity index (χ1n) is 9.43. The normalized spacial score (nSPS) is 13.6. The Morgan fingerprint density at radius 2 is 1.57 bits per heavy atom. The molecule has 0 radical (unpaired) electrons. The third kappa shape index (κ3) is 8.52. The van der Waals surface area contributed by atoms with Gasteiger partial charge in [0.2, 0.25) is 0 Å². The number of alkyl carbamates (subject to hydrolysis) is 1. The van der Waals surface area contributed by atoms with Crippen LogP contribution in [-0.2, 0) is 22.6 Å². The van der Waals surface area contributed by atoms with Gasteiger partial charge >= 0.3 is 6.09 Å². The topological polar surface area (TPSA) is 79.8 Å². The van der Waals surface area contributed by atoms with E-state index in [9.17, 15) is 9.90 Å². The maximum atomic E-state index is 12.2. The molecule has 0 bridgehead atoms. The van der Waals surface area contributed by atoms with Gasteiger partial charge in [0.05, 0.1) is 18.8 Å². The van der Waals surface area contributed by atoms with Gasteiger partial charge in [0.1, 0.15) is 5.60 Å². The molecule has 2 aromatic rings. The minimum absolute atomic E-state index is 0.167. The van der Waals surface area contributed by atoms with Gasteiger partial charge in [-0.2, -0.15) is 5.48 Å². The smallest absolute Gasteiger partial charge is 0.407 e. The van der Waals surface area contributed by atoms with Crippen LogP contribution in [0.25, 0.3) is 0 Å². The molecule has 0 aliphatic carbocycles. The summed E-state index contributed by atoms with van der Waals surface area (Å²) in [5.74, 6) is 0. The third-order valence-electron chi connectivity index (χ3n) is 3.94. The van der Waals surface area contributed by atoms with Gasteiger partial charge in [-0.3, -0.25) is 4.84 Å². The fourth-order valence-electron chi connectivity index (χ4n) is 2.61. The summed E-state index contributed by atoms with van der Waals surface area (Å²) >= 11 is 0. The summed E-state index contributed by atoms with van der Waals surface area (Å²) in [5.41, 5.74) is 4.20. The van der Waals surface area contributed by atoms with Crippen LogP contribution in [0.15, 0.2) is 60.7 Å². The van der Waals surface area contributed by atoms with E-state index in [2.05, 4.69) is 10.8 Å². The second-order valence-corrected chi connectivity index (χ2v) is 7.63.